The van der Waals surface area contributed by atoms with Crippen LogP contribution in [0.3, 0.4) is 0 Å². The molecule has 0 amide bonds. The van der Waals surface area contributed by atoms with Gasteiger partial charge in [0.25, 0.3) is 0 Å². The Morgan fingerprint density at radius 3 is 2.75 bits per heavy atom. The van der Waals surface area contributed by atoms with Gasteiger partial charge in [-0.1, -0.05) is 29.7 Å². The zero-order chi connectivity index (χ0) is 9.14. The van der Waals surface area contributed by atoms with Crippen LogP contribution in [0, 0.1) is 19.3 Å². The molecule has 0 bridgehead atoms. The summed E-state index contributed by atoms with van der Waals surface area (Å²) in [5.41, 5.74) is 1.64. The second-order valence-corrected chi connectivity index (χ2v) is 2.99. The van der Waals surface area contributed by atoms with Gasteiger partial charge in [-0.25, -0.2) is 0 Å². The minimum absolute atomic E-state index is 0.627. The van der Waals surface area contributed by atoms with Gasteiger partial charge in [0.05, 0.1) is 0 Å². The summed E-state index contributed by atoms with van der Waals surface area (Å²) >= 11 is 5.84. The molecule has 0 aromatic heterocycles. The van der Waals surface area contributed by atoms with E-state index in [9.17, 15) is 5.11 Å². The molecule has 1 nitrogen and oxygen atoms in total. The van der Waals surface area contributed by atoms with Gasteiger partial charge in [0.1, 0.15) is 6.10 Å². The Labute approximate surface area is 77.0 Å². The molecule has 0 aliphatic carbocycles. The number of aliphatic hydroxyl groups excluding tert-OH is 1. The summed E-state index contributed by atoms with van der Waals surface area (Å²) in [5, 5.41) is 9.88. The van der Waals surface area contributed by atoms with Crippen LogP contribution in [-0.2, 0) is 0 Å². The van der Waals surface area contributed by atoms with Crippen molar-refractivity contribution < 1.29 is 5.11 Å². The lowest BCUT2D eigenvalue weighted by molar-refractivity contribution is 0.238. The first-order valence-corrected chi connectivity index (χ1v) is 3.93. The van der Waals surface area contributed by atoms with E-state index in [2.05, 4.69) is 5.92 Å². The molecule has 0 radical (unpaired) electrons. The molecule has 0 heterocycles. The topological polar surface area (TPSA) is 20.2 Å². The largest absolute Gasteiger partial charge is 0.376 e. The van der Waals surface area contributed by atoms with E-state index in [1.807, 2.05) is 13.0 Å². The summed E-state index contributed by atoms with van der Waals surface area (Å²) in [4.78, 5) is 0. The molecular weight excluding hydrogens is 172 g/mol. The SMILES string of the molecule is C#CC(O)c1ccc(C)c(Cl)c1. The third-order valence-corrected chi connectivity index (χ3v) is 2.08. The van der Waals surface area contributed by atoms with Crippen molar-refractivity contribution in [2.75, 3.05) is 0 Å². The van der Waals surface area contributed by atoms with Gasteiger partial charge in [0.15, 0.2) is 0 Å². The molecule has 1 aromatic rings. The molecule has 0 fully saturated rings. The van der Waals surface area contributed by atoms with Gasteiger partial charge in [-0.3, -0.25) is 0 Å². The normalized spacial score (nSPS) is 12.2. The Morgan fingerprint density at radius 2 is 2.25 bits per heavy atom. The molecule has 1 unspecified atom stereocenters. The molecule has 0 saturated heterocycles. The average Bonchev–Trinajstić information content (AvgIpc) is 2.08. The fourth-order valence-electron chi connectivity index (χ4n) is 0.875. The quantitative estimate of drug-likeness (QED) is 0.658. The van der Waals surface area contributed by atoms with E-state index in [1.54, 1.807) is 12.1 Å². The minimum atomic E-state index is -0.858. The van der Waals surface area contributed by atoms with Gasteiger partial charge in [0.2, 0.25) is 0 Å². The van der Waals surface area contributed by atoms with E-state index in [0.29, 0.717) is 10.6 Å². The second-order valence-electron chi connectivity index (χ2n) is 2.58. The smallest absolute Gasteiger partial charge is 0.140 e. The van der Waals surface area contributed by atoms with E-state index < -0.39 is 6.10 Å². The number of hydrogen-bond acceptors (Lipinski definition) is 1. The number of halogens is 1. The van der Waals surface area contributed by atoms with Crippen molar-refractivity contribution in [3.63, 3.8) is 0 Å². The van der Waals surface area contributed by atoms with Crippen molar-refractivity contribution in [3.8, 4) is 12.3 Å². The lowest BCUT2D eigenvalue weighted by Crippen LogP contribution is -1.93. The third kappa shape index (κ3) is 1.79. The van der Waals surface area contributed by atoms with Crippen molar-refractivity contribution >= 4 is 11.6 Å². The number of terminal acetylenes is 1. The molecule has 12 heavy (non-hydrogen) atoms. The van der Waals surface area contributed by atoms with Crippen LogP contribution < -0.4 is 0 Å². The van der Waals surface area contributed by atoms with Crippen molar-refractivity contribution in [1.82, 2.24) is 0 Å². The van der Waals surface area contributed by atoms with E-state index in [-0.39, 0.29) is 0 Å². The van der Waals surface area contributed by atoms with Crippen molar-refractivity contribution in [1.29, 1.82) is 0 Å². The predicted octanol–water partition coefficient (Wildman–Crippen LogP) is 2.32. The van der Waals surface area contributed by atoms with Crippen LogP contribution in [0.1, 0.15) is 17.2 Å². The second kappa shape index (κ2) is 3.62. The lowest BCUT2D eigenvalue weighted by Gasteiger charge is -2.05. The Bertz CT molecular complexity index is 325. The molecule has 1 atom stereocenters. The molecule has 1 rings (SSSR count). The van der Waals surface area contributed by atoms with Crippen molar-refractivity contribution in [2.45, 2.75) is 13.0 Å². The first-order valence-electron chi connectivity index (χ1n) is 3.55. The standard InChI is InChI=1S/C10H9ClO/c1-3-10(12)8-5-4-7(2)9(11)6-8/h1,4-6,10,12H,2H3. The fraction of sp³-hybridized carbons (Fsp3) is 0.200. The van der Waals surface area contributed by atoms with Gasteiger partial charge in [-0.2, -0.15) is 0 Å². The van der Waals surface area contributed by atoms with Crippen molar-refractivity contribution in [3.05, 3.63) is 34.3 Å². The summed E-state index contributed by atoms with van der Waals surface area (Å²) in [6.07, 6.45) is 4.19. The van der Waals surface area contributed by atoms with Crippen LogP contribution in [0.2, 0.25) is 5.02 Å². The Balaban J connectivity index is 3.06. The summed E-state index contributed by atoms with van der Waals surface area (Å²) in [6.45, 7) is 1.90. The summed E-state index contributed by atoms with van der Waals surface area (Å²) in [5.74, 6) is 2.22. The maximum absolute atomic E-state index is 9.25. The van der Waals surface area contributed by atoms with Crippen LogP contribution in [0.5, 0.6) is 0 Å². The summed E-state index contributed by atoms with van der Waals surface area (Å²) in [6, 6.07) is 5.28. The van der Waals surface area contributed by atoms with Gasteiger partial charge in [-0.15, -0.1) is 6.42 Å². The zero-order valence-electron chi connectivity index (χ0n) is 6.71. The lowest BCUT2D eigenvalue weighted by atomic mass is 10.1. The zero-order valence-corrected chi connectivity index (χ0v) is 7.47. The monoisotopic (exact) mass is 180 g/mol. The minimum Gasteiger partial charge on any atom is -0.376 e. The molecular formula is C10H9ClO. The van der Waals surface area contributed by atoms with Gasteiger partial charge < -0.3 is 5.11 Å². The molecule has 0 aliphatic rings. The fourth-order valence-corrected chi connectivity index (χ4v) is 1.06. The number of aliphatic hydroxyl groups is 1. The van der Waals surface area contributed by atoms with Gasteiger partial charge >= 0.3 is 0 Å². The highest BCUT2D eigenvalue weighted by molar-refractivity contribution is 6.31. The van der Waals surface area contributed by atoms with E-state index in [1.165, 1.54) is 0 Å². The molecule has 0 aliphatic heterocycles. The summed E-state index contributed by atoms with van der Waals surface area (Å²) in [7, 11) is 0. The number of aryl methyl sites for hydroxylation is 1. The molecule has 0 spiro atoms. The van der Waals surface area contributed by atoms with Crippen LogP contribution in [0.4, 0.5) is 0 Å². The highest BCUT2D eigenvalue weighted by Crippen LogP contribution is 2.20. The highest BCUT2D eigenvalue weighted by Gasteiger charge is 2.04. The first kappa shape index (κ1) is 9.12. The van der Waals surface area contributed by atoms with E-state index >= 15 is 0 Å². The van der Waals surface area contributed by atoms with Gasteiger partial charge in [0, 0.05) is 5.02 Å². The third-order valence-electron chi connectivity index (χ3n) is 1.67. The molecule has 0 saturated carbocycles. The van der Waals surface area contributed by atoms with E-state index in [0.717, 1.165) is 5.56 Å². The molecule has 1 N–H and O–H groups in total. The predicted molar refractivity (Wildman–Crippen MR) is 50.0 cm³/mol. The summed E-state index contributed by atoms with van der Waals surface area (Å²) < 4.78 is 0. The maximum atomic E-state index is 9.25. The molecule has 62 valence electrons. The van der Waals surface area contributed by atoms with Crippen LogP contribution in [-0.4, -0.2) is 5.11 Å². The average molecular weight is 181 g/mol. The first-order chi connectivity index (χ1) is 5.65. The van der Waals surface area contributed by atoms with Crippen LogP contribution in [0.25, 0.3) is 0 Å². The highest BCUT2D eigenvalue weighted by atomic mass is 35.5. The number of rotatable bonds is 1. The molecule has 2 heteroatoms. The molecule has 1 aromatic carbocycles. The Morgan fingerprint density at radius 1 is 1.58 bits per heavy atom. The van der Waals surface area contributed by atoms with Crippen LogP contribution in [0.15, 0.2) is 18.2 Å². The van der Waals surface area contributed by atoms with E-state index in [4.69, 9.17) is 18.0 Å². The van der Waals surface area contributed by atoms with Crippen LogP contribution >= 0.6 is 11.6 Å². The Hall–Kier alpha value is -0.970. The Kier molecular flexibility index (Phi) is 2.75. The number of hydrogen-bond donors (Lipinski definition) is 1. The van der Waals surface area contributed by atoms with Crippen molar-refractivity contribution in [2.24, 2.45) is 0 Å². The van der Waals surface area contributed by atoms with Gasteiger partial charge in [-0.05, 0) is 24.1 Å². The number of benzene rings is 1. The maximum Gasteiger partial charge on any atom is 0.140 e.